The van der Waals surface area contributed by atoms with Crippen molar-refractivity contribution in [1.29, 1.82) is 0 Å². The van der Waals surface area contributed by atoms with Gasteiger partial charge in [-0.3, -0.25) is 9.59 Å². The highest BCUT2D eigenvalue weighted by atomic mass is 32.1. The van der Waals surface area contributed by atoms with Crippen molar-refractivity contribution in [2.45, 2.75) is 33.2 Å². The molecule has 1 unspecified atom stereocenters. The van der Waals surface area contributed by atoms with Gasteiger partial charge in [-0.1, -0.05) is 11.6 Å². The number of ketones is 1. The van der Waals surface area contributed by atoms with E-state index in [1.165, 1.54) is 17.4 Å². The number of carbonyl (C=O) groups is 2. The van der Waals surface area contributed by atoms with Crippen molar-refractivity contribution in [2.75, 3.05) is 0 Å². The number of rotatable bonds is 5. The summed E-state index contributed by atoms with van der Waals surface area (Å²) in [5, 5.41) is 4.65. The molecule has 0 saturated carbocycles. The number of hydrogen-bond acceptors (Lipinski definition) is 3. The Bertz CT molecular complexity index is 417. The van der Waals surface area contributed by atoms with Gasteiger partial charge in [-0.15, -0.1) is 11.3 Å². The molecule has 1 rings (SSSR count). The van der Waals surface area contributed by atoms with Crippen LogP contribution in [0.3, 0.4) is 0 Å². The van der Waals surface area contributed by atoms with Gasteiger partial charge in [0.15, 0.2) is 5.78 Å². The molecular weight excluding hydrogens is 234 g/mol. The van der Waals surface area contributed by atoms with Gasteiger partial charge in [0.1, 0.15) is 0 Å². The number of amides is 1. The van der Waals surface area contributed by atoms with Crippen LogP contribution in [0.4, 0.5) is 0 Å². The monoisotopic (exact) mass is 251 g/mol. The van der Waals surface area contributed by atoms with Crippen LogP contribution < -0.4 is 5.32 Å². The predicted octanol–water partition coefficient (Wildman–Crippen LogP) is 2.79. The van der Waals surface area contributed by atoms with E-state index in [2.05, 4.69) is 5.32 Å². The summed E-state index contributed by atoms with van der Waals surface area (Å²) in [4.78, 5) is 23.9. The van der Waals surface area contributed by atoms with E-state index >= 15 is 0 Å². The molecule has 92 valence electrons. The Kier molecular flexibility index (Phi) is 5.10. The first-order valence-corrected chi connectivity index (χ1v) is 6.39. The maximum absolute atomic E-state index is 11.8. The van der Waals surface area contributed by atoms with E-state index < -0.39 is 0 Å². The average molecular weight is 251 g/mol. The van der Waals surface area contributed by atoms with Crippen molar-refractivity contribution in [1.82, 2.24) is 5.32 Å². The molecular formula is C13H17NO2S. The van der Waals surface area contributed by atoms with Gasteiger partial charge >= 0.3 is 0 Å². The molecule has 0 radical (unpaired) electrons. The number of carbonyl (C=O) groups excluding carboxylic acids is 2. The zero-order valence-corrected chi connectivity index (χ0v) is 11.1. The molecule has 0 aliphatic carbocycles. The molecule has 1 heterocycles. The van der Waals surface area contributed by atoms with Gasteiger partial charge in [0.2, 0.25) is 5.91 Å². The molecule has 3 nitrogen and oxygen atoms in total. The van der Waals surface area contributed by atoms with Crippen LogP contribution in [0.2, 0.25) is 0 Å². The van der Waals surface area contributed by atoms with Crippen molar-refractivity contribution >= 4 is 23.0 Å². The van der Waals surface area contributed by atoms with Crippen LogP contribution in [-0.2, 0) is 4.79 Å². The summed E-state index contributed by atoms with van der Waals surface area (Å²) >= 11 is 1.43. The van der Waals surface area contributed by atoms with Crippen molar-refractivity contribution in [3.05, 3.63) is 34.0 Å². The first-order chi connectivity index (χ1) is 7.99. The number of Topliss-reactive ketones (excluding diaryl/α,β-unsaturated/α-hetero) is 1. The summed E-state index contributed by atoms with van der Waals surface area (Å²) in [6.07, 6.45) is 1.87. The van der Waals surface area contributed by atoms with Gasteiger partial charge in [-0.05, 0) is 32.2 Å². The summed E-state index contributed by atoms with van der Waals surface area (Å²) < 4.78 is 0. The Hall–Kier alpha value is -1.42. The van der Waals surface area contributed by atoms with E-state index in [1.807, 2.05) is 32.2 Å². The Morgan fingerprint density at radius 3 is 2.71 bits per heavy atom. The number of nitrogens with one attached hydrogen (secondary N) is 1. The minimum atomic E-state index is -0.146. The molecule has 1 aromatic rings. The second kappa shape index (κ2) is 6.35. The molecule has 1 atom stereocenters. The fraction of sp³-hybridized carbons (Fsp3) is 0.385. The summed E-state index contributed by atoms with van der Waals surface area (Å²) in [5.74, 6) is -0.0681. The summed E-state index contributed by atoms with van der Waals surface area (Å²) in [6, 6.07) is 3.51. The number of thiophene rings is 1. The van der Waals surface area contributed by atoms with E-state index in [4.69, 9.17) is 0 Å². The lowest BCUT2D eigenvalue weighted by Gasteiger charge is -2.11. The zero-order valence-electron chi connectivity index (χ0n) is 10.3. The Morgan fingerprint density at radius 1 is 1.47 bits per heavy atom. The van der Waals surface area contributed by atoms with Crippen LogP contribution in [0.5, 0.6) is 0 Å². The lowest BCUT2D eigenvalue weighted by Crippen LogP contribution is -2.33. The van der Waals surface area contributed by atoms with Crippen molar-refractivity contribution in [3.63, 3.8) is 0 Å². The Labute approximate surface area is 106 Å². The molecule has 4 heteroatoms. The van der Waals surface area contributed by atoms with Gasteiger partial charge in [-0.25, -0.2) is 0 Å². The van der Waals surface area contributed by atoms with Crippen LogP contribution in [0, 0.1) is 0 Å². The summed E-state index contributed by atoms with van der Waals surface area (Å²) in [5.41, 5.74) is 0.944. The first kappa shape index (κ1) is 13.6. The lowest BCUT2D eigenvalue weighted by molar-refractivity contribution is -0.117. The van der Waals surface area contributed by atoms with Crippen LogP contribution in [-0.4, -0.2) is 17.7 Å². The molecule has 0 spiro atoms. The molecule has 0 aromatic carbocycles. The van der Waals surface area contributed by atoms with Gasteiger partial charge < -0.3 is 5.32 Å². The normalized spacial score (nSPS) is 11.7. The molecule has 0 bridgehead atoms. The molecule has 1 N–H and O–H groups in total. The largest absolute Gasteiger partial charge is 0.350 e. The van der Waals surface area contributed by atoms with Crippen molar-refractivity contribution in [2.24, 2.45) is 0 Å². The van der Waals surface area contributed by atoms with Gasteiger partial charge in [0, 0.05) is 18.5 Å². The summed E-state index contributed by atoms with van der Waals surface area (Å²) in [7, 11) is 0. The molecule has 0 aliphatic rings. The maximum atomic E-state index is 11.8. The third-order valence-corrected chi connectivity index (χ3v) is 3.01. The fourth-order valence-corrected chi connectivity index (χ4v) is 2.09. The molecule has 0 saturated heterocycles. The van der Waals surface area contributed by atoms with Crippen LogP contribution in [0.1, 0.15) is 36.9 Å². The fourth-order valence-electron chi connectivity index (χ4n) is 1.41. The first-order valence-electron chi connectivity index (χ1n) is 5.51. The Morgan fingerprint density at radius 2 is 2.18 bits per heavy atom. The third kappa shape index (κ3) is 4.95. The van der Waals surface area contributed by atoms with Gasteiger partial charge in [0.25, 0.3) is 0 Å². The van der Waals surface area contributed by atoms with E-state index in [0.717, 1.165) is 10.5 Å². The lowest BCUT2D eigenvalue weighted by atomic mass is 10.1. The minimum absolute atomic E-state index is 0.0741. The number of allylic oxidation sites excluding steroid dienone is 1. The second-order valence-electron chi connectivity index (χ2n) is 4.24. The van der Waals surface area contributed by atoms with E-state index in [9.17, 15) is 9.59 Å². The van der Waals surface area contributed by atoms with Crippen LogP contribution in [0.25, 0.3) is 0 Å². The second-order valence-corrected chi connectivity index (χ2v) is 5.18. The predicted molar refractivity (Wildman–Crippen MR) is 70.3 cm³/mol. The third-order valence-electron chi connectivity index (χ3n) is 2.10. The van der Waals surface area contributed by atoms with Crippen molar-refractivity contribution < 1.29 is 9.59 Å². The van der Waals surface area contributed by atoms with E-state index in [-0.39, 0.29) is 17.7 Å². The highest BCUT2D eigenvalue weighted by molar-refractivity contribution is 7.12. The minimum Gasteiger partial charge on any atom is -0.350 e. The highest BCUT2D eigenvalue weighted by Gasteiger charge is 2.13. The summed E-state index contributed by atoms with van der Waals surface area (Å²) in [6.45, 7) is 5.56. The van der Waals surface area contributed by atoms with E-state index in [0.29, 0.717) is 6.42 Å². The molecule has 1 aromatic heterocycles. The quantitative estimate of drug-likeness (QED) is 0.646. The molecule has 0 aliphatic heterocycles. The molecule has 17 heavy (non-hydrogen) atoms. The van der Waals surface area contributed by atoms with Crippen molar-refractivity contribution in [3.8, 4) is 0 Å². The average Bonchev–Trinajstić information content (AvgIpc) is 2.67. The van der Waals surface area contributed by atoms with Crippen LogP contribution in [0.15, 0.2) is 29.2 Å². The topological polar surface area (TPSA) is 46.2 Å². The zero-order chi connectivity index (χ0) is 12.8. The van der Waals surface area contributed by atoms with Gasteiger partial charge in [-0.2, -0.15) is 0 Å². The van der Waals surface area contributed by atoms with Gasteiger partial charge in [0.05, 0.1) is 4.88 Å². The van der Waals surface area contributed by atoms with E-state index in [1.54, 1.807) is 6.07 Å². The highest BCUT2D eigenvalue weighted by Crippen LogP contribution is 2.12. The number of hydrogen-bond donors (Lipinski definition) is 1. The Balaban J connectivity index is 2.45. The van der Waals surface area contributed by atoms with Crippen LogP contribution >= 0.6 is 11.3 Å². The standard InChI is InChI=1S/C13H17NO2S/c1-9(2)7-13(16)14-10(3)8-11(15)12-5-4-6-17-12/h4-7,10H,8H2,1-3H3,(H,14,16). The maximum Gasteiger partial charge on any atom is 0.244 e. The SMILES string of the molecule is CC(C)=CC(=O)NC(C)CC(=O)c1cccs1. The molecule has 1 amide bonds. The smallest absolute Gasteiger partial charge is 0.244 e. The molecule has 0 fully saturated rings.